The largest absolute Gasteiger partial charge is 0.336 e. The first-order valence-electron chi connectivity index (χ1n) is 6.36. The maximum atomic E-state index is 11.8. The van der Waals surface area contributed by atoms with Crippen molar-refractivity contribution in [1.82, 2.24) is 4.90 Å². The molecule has 0 saturated heterocycles. The van der Waals surface area contributed by atoms with E-state index in [0.717, 1.165) is 18.7 Å². The molecule has 100 valence electrons. The second-order valence-corrected chi connectivity index (χ2v) is 6.60. The van der Waals surface area contributed by atoms with Crippen LogP contribution in [0.25, 0.3) is 0 Å². The summed E-state index contributed by atoms with van der Waals surface area (Å²) in [6.45, 7) is 7.21. The van der Waals surface area contributed by atoms with Crippen molar-refractivity contribution in [1.29, 1.82) is 0 Å². The van der Waals surface area contributed by atoms with Gasteiger partial charge in [0.15, 0.2) is 0 Å². The lowest BCUT2D eigenvalue weighted by Gasteiger charge is -2.30. The lowest BCUT2D eigenvalue weighted by Crippen LogP contribution is -2.35. The molecule has 1 aromatic carbocycles. The Balaban J connectivity index is 2.56. The Morgan fingerprint density at radius 3 is 2.44 bits per heavy atom. The molecule has 2 nitrogen and oxygen atoms in total. The summed E-state index contributed by atoms with van der Waals surface area (Å²) in [5, 5.41) is 0.165. The van der Waals surface area contributed by atoms with Gasteiger partial charge in [0.1, 0.15) is 0 Å². The molecular formula is C15H23NOS. The molecule has 1 aromatic rings. The van der Waals surface area contributed by atoms with Gasteiger partial charge in [0.25, 0.3) is 5.24 Å². The monoisotopic (exact) mass is 265 g/mol. The molecule has 0 unspecified atom stereocenters. The van der Waals surface area contributed by atoms with Crippen molar-refractivity contribution in [3.05, 3.63) is 35.9 Å². The normalized spacial score (nSPS) is 11.3. The predicted molar refractivity (Wildman–Crippen MR) is 80.1 cm³/mol. The molecule has 0 radical (unpaired) electrons. The number of carbonyl (C=O) groups excluding carboxylic acids is 1. The molecule has 0 aliphatic carbocycles. The van der Waals surface area contributed by atoms with Gasteiger partial charge >= 0.3 is 0 Å². The van der Waals surface area contributed by atoms with Crippen molar-refractivity contribution in [3.63, 3.8) is 0 Å². The van der Waals surface area contributed by atoms with Crippen LogP contribution in [0.15, 0.2) is 30.3 Å². The summed E-state index contributed by atoms with van der Waals surface area (Å²) < 4.78 is 0. The molecule has 0 aromatic heterocycles. The van der Waals surface area contributed by atoms with Crippen molar-refractivity contribution in [3.8, 4) is 0 Å². The number of carbonyl (C=O) groups is 1. The predicted octanol–water partition coefficient (Wildman–Crippen LogP) is 4.06. The molecule has 1 rings (SSSR count). The third-order valence-electron chi connectivity index (χ3n) is 2.77. The highest BCUT2D eigenvalue weighted by Crippen LogP contribution is 2.24. The summed E-state index contributed by atoms with van der Waals surface area (Å²) in [5.41, 5.74) is 1.42. The van der Waals surface area contributed by atoms with E-state index in [0.29, 0.717) is 0 Å². The van der Waals surface area contributed by atoms with E-state index < -0.39 is 0 Å². The second kappa shape index (κ2) is 6.83. The van der Waals surface area contributed by atoms with Crippen molar-refractivity contribution >= 4 is 17.0 Å². The van der Waals surface area contributed by atoms with Crippen LogP contribution in [0.1, 0.15) is 26.3 Å². The highest BCUT2D eigenvalue weighted by atomic mass is 32.2. The Hall–Kier alpha value is -0.960. The number of rotatable bonds is 5. The highest BCUT2D eigenvalue weighted by Gasteiger charge is 2.23. The van der Waals surface area contributed by atoms with Crippen LogP contribution in [-0.4, -0.2) is 29.5 Å². The fourth-order valence-corrected chi connectivity index (χ4v) is 2.68. The van der Waals surface area contributed by atoms with Gasteiger partial charge in [-0.2, -0.15) is 0 Å². The minimum Gasteiger partial charge on any atom is -0.336 e. The van der Waals surface area contributed by atoms with E-state index in [4.69, 9.17) is 0 Å². The van der Waals surface area contributed by atoms with Gasteiger partial charge < -0.3 is 4.90 Å². The molecule has 0 atom stereocenters. The average molecular weight is 265 g/mol. The van der Waals surface area contributed by atoms with E-state index in [2.05, 4.69) is 38.1 Å². The summed E-state index contributed by atoms with van der Waals surface area (Å²) >= 11 is 1.37. The summed E-state index contributed by atoms with van der Waals surface area (Å²) in [5.74, 6) is 0.836. The molecule has 0 aliphatic heterocycles. The highest BCUT2D eigenvalue weighted by molar-refractivity contribution is 8.13. The van der Waals surface area contributed by atoms with Crippen LogP contribution in [-0.2, 0) is 6.42 Å². The van der Waals surface area contributed by atoms with E-state index in [1.54, 1.807) is 0 Å². The van der Waals surface area contributed by atoms with Crippen molar-refractivity contribution in [2.24, 2.45) is 5.41 Å². The van der Waals surface area contributed by atoms with Gasteiger partial charge in [-0.1, -0.05) is 62.9 Å². The maximum Gasteiger partial charge on any atom is 0.281 e. The van der Waals surface area contributed by atoms with E-state index in [1.165, 1.54) is 17.3 Å². The number of hydrogen-bond acceptors (Lipinski definition) is 2. The Kier molecular flexibility index (Phi) is 5.73. The molecule has 0 bridgehead atoms. The Morgan fingerprint density at radius 1 is 1.28 bits per heavy atom. The van der Waals surface area contributed by atoms with Crippen molar-refractivity contribution < 1.29 is 4.79 Å². The van der Waals surface area contributed by atoms with E-state index in [9.17, 15) is 4.79 Å². The standard InChI is InChI=1S/C15H23NOS/c1-5-18-14(17)16(4)12-15(2,3)11-13-9-7-6-8-10-13/h6-10H,5,11-12H2,1-4H3. The summed E-state index contributed by atoms with van der Waals surface area (Å²) in [6.07, 6.45) is 0.988. The topological polar surface area (TPSA) is 20.3 Å². The third kappa shape index (κ3) is 5.13. The number of nitrogens with zero attached hydrogens (tertiary/aromatic N) is 1. The third-order valence-corrected chi connectivity index (χ3v) is 3.62. The van der Waals surface area contributed by atoms with E-state index >= 15 is 0 Å². The molecule has 0 aliphatic rings. The molecular weight excluding hydrogens is 242 g/mol. The zero-order chi connectivity index (χ0) is 13.6. The van der Waals surface area contributed by atoms with E-state index in [-0.39, 0.29) is 10.7 Å². The Bertz CT molecular complexity index is 375. The maximum absolute atomic E-state index is 11.8. The van der Waals surface area contributed by atoms with Crippen LogP contribution in [0.5, 0.6) is 0 Å². The minimum absolute atomic E-state index is 0.0973. The lowest BCUT2D eigenvalue weighted by molar-refractivity contribution is 0.204. The first-order valence-corrected chi connectivity index (χ1v) is 7.35. The fourth-order valence-electron chi connectivity index (χ4n) is 2.14. The first-order chi connectivity index (χ1) is 8.44. The van der Waals surface area contributed by atoms with E-state index in [1.807, 2.05) is 24.9 Å². The Morgan fingerprint density at radius 2 is 1.89 bits per heavy atom. The zero-order valence-electron chi connectivity index (χ0n) is 11.8. The molecule has 0 saturated carbocycles. The molecule has 1 amide bonds. The molecule has 3 heteroatoms. The fraction of sp³-hybridized carbons (Fsp3) is 0.533. The van der Waals surface area contributed by atoms with Crippen LogP contribution < -0.4 is 0 Å². The Labute approximate surface area is 115 Å². The SMILES string of the molecule is CCSC(=O)N(C)CC(C)(C)Cc1ccccc1. The van der Waals surface area contributed by atoms with Crippen LogP contribution in [0.2, 0.25) is 0 Å². The number of hydrogen-bond donors (Lipinski definition) is 0. The minimum atomic E-state index is 0.0973. The smallest absolute Gasteiger partial charge is 0.281 e. The zero-order valence-corrected chi connectivity index (χ0v) is 12.6. The van der Waals surface area contributed by atoms with Gasteiger partial charge in [0.05, 0.1) is 0 Å². The summed E-state index contributed by atoms with van der Waals surface area (Å²) in [7, 11) is 1.89. The average Bonchev–Trinajstić information content (AvgIpc) is 2.29. The van der Waals surface area contributed by atoms with Crippen LogP contribution in [0.3, 0.4) is 0 Å². The van der Waals surface area contributed by atoms with Gasteiger partial charge in [-0.15, -0.1) is 0 Å². The quantitative estimate of drug-likeness (QED) is 0.800. The van der Waals surface area contributed by atoms with Gasteiger partial charge in [-0.05, 0) is 23.2 Å². The molecule has 0 N–H and O–H groups in total. The van der Waals surface area contributed by atoms with Crippen molar-refractivity contribution in [2.75, 3.05) is 19.3 Å². The molecule has 0 fully saturated rings. The number of amides is 1. The molecule has 18 heavy (non-hydrogen) atoms. The first kappa shape index (κ1) is 15.1. The number of thioether (sulfide) groups is 1. The summed E-state index contributed by atoms with van der Waals surface area (Å²) in [6, 6.07) is 10.4. The molecule has 0 spiro atoms. The van der Waals surface area contributed by atoms with Gasteiger partial charge in [-0.3, -0.25) is 4.79 Å². The van der Waals surface area contributed by atoms with Crippen LogP contribution in [0, 0.1) is 5.41 Å². The van der Waals surface area contributed by atoms with Gasteiger partial charge in [-0.25, -0.2) is 0 Å². The van der Waals surface area contributed by atoms with Crippen LogP contribution >= 0.6 is 11.8 Å². The second-order valence-electron chi connectivity index (χ2n) is 5.38. The van der Waals surface area contributed by atoms with Gasteiger partial charge in [0, 0.05) is 13.6 Å². The number of benzene rings is 1. The summed E-state index contributed by atoms with van der Waals surface area (Å²) in [4.78, 5) is 13.6. The molecule has 0 heterocycles. The van der Waals surface area contributed by atoms with Crippen LogP contribution in [0.4, 0.5) is 4.79 Å². The van der Waals surface area contributed by atoms with Crippen molar-refractivity contribution in [2.45, 2.75) is 27.2 Å². The lowest BCUT2D eigenvalue weighted by atomic mass is 9.85. The van der Waals surface area contributed by atoms with Gasteiger partial charge in [0.2, 0.25) is 0 Å².